The van der Waals surface area contributed by atoms with Crippen LogP contribution in [0.1, 0.15) is 55.7 Å². The maximum absolute atomic E-state index is 14.7. The first-order valence-corrected chi connectivity index (χ1v) is 17.1. The molecule has 2 amide bonds. The van der Waals surface area contributed by atoms with E-state index in [2.05, 4.69) is 59.5 Å². The van der Waals surface area contributed by atoms with Gasteiger partial charge >= 0.3 is 0 Å². The SMILES string of the molecule is CCN1CCC[C@H](CNC(=O)[C@H]2C(=C=O)CCN2[C@@H]2C[C@@H](O)CN2C(=O)CC(c2ccccc2)(c2ccccc2)c2ccccc2)C1. The molecule has 0 aromatic heterocycles. The molecule has 3 heterocycles. The lowest BCUT2D eigenvalue weighted by molar-refractivity contribution is -0.139. The summed E-state index contributed by atoms with van der Waals surface area (Å²) in [5.74, 6) is 2.07. The topological polar surface area (TPSA) is 93.2 Å². The summed E-state index contributed by atoms with van der Waals surface area (Å²) in [6.45, 7) is 6.34. The zero-order chi connectivity index (χ0) is 32.8. The zero-order valence-electron chi connectivity index (χ0n) is 27.3. The van der Waals surface area contributed by atoms with E-state index in [1.165, 1.54) is 0 Å². The van der Waals surface area contributed by atoms with E-state index in [1.54, 1.807) is 4.90 Å². The lowest BCUT2D eigenvalue weighted by atomic mass is 9.67. The van der Waals surface area contributed by atoms with Crippen LogP contribution in [0.2, 0.25) is 0 Å². The highest BCUT2D eigenvalue weighted by molar-refractivity contribution is 5.88. The molecule has 8 heteroatoms. The van der Waals surface area contributed by atoms with Gasteiger partial charge in [-0.3, -0.25) is 14.5 Å². The first kappa shape index (κ1) is 32.9. The van der Waals surface area contributed by atoms with Crippen LogP contribution in [0.3, 0.4) is 0 Å². The molecule has 8 nitrogen and oxygen atoms in total. The number of amides is 2. The molecule has 0 aliphatic carbocycles. The highest BCUT2D eigenvalue weighted by Crippen LogP contribution is 2.43. The number of nitrogens with zero attached hydrogens (tertiary/aromatic N) is 3. The van der Waals surface area contributed by atoms with Gasteiger partial charge < -0.3 is 20.2 Å². The molecular formula is C39H46N4O4. The summed E-state index contributed by atoms with van der Waals surface area (Å²) in [6.07, 6.45) is 1.76. The van der Waals surface area contributed by atoms with Crippen molar-refractivity contribution in [1.29, 1.82) is 0 Å². The maximum Gasteiger partial charge on any atom is 0.242 e. The van der Waals surface area contributed by atoms with Crippen LogP contribution in [0.25, 0.3) is 0 Å². The number of benzene rings is 3. The van der Waals surface area contributed by atoms with E-state index in [0.717, 1.165) is 49.2 Å². The molecule has 0 saturated carbocycles. The van der Waals surface area contributed by atoms with E-state index in [1.807, 2.05) is 59.5 Å². The summed E-state index contributed by atoms with van der Waals surface area (Å²) in [7, 11) is 0. The molecule has 3 fully saturated rings. The summed E-state index contributed by atoms with van der Waals surface area (Å²) >= 11 is 0. The van der Waals surface area contributed by atoms with Crippen LogP contribution < -0.4 is 5.32 Å². The van der Waals surface area contributed by atoms with Crippen LogP contribution in [0.15, 0.2) is 96.6 Å². The molecule has 0 spiro atoms. The van der Waals surface area contributed by atoms with E-state index in [0.29, 0.717) is 37.4 Å². The largest absolute Gasteiger partial charge is 0.391 e. The lowest BCUT2D eigenvalue weighted by Gasteiger charge is -2.40. The Hall–Kier alpha value is -4.07. The predicted octanol–water partition coefficient (Wildman–Crippen LogP) is 4.01. The van der Waals surface area contributed by atoms with Gasteiger partial charge in [-0.2, -0.15) is 0 Å². The Morgan fingerprint density at radius 1 is 0.894 bits per heavy atom. The summed E-state index contributed by atoms with van der Waals surface area (Å²) in [5.41, 5.74) is 2.60. The first-order valence-electron chi connectivity index (χ1n) is 17.1. The molecule has 4 atom stereocenters. The van der Waals surface area contributed by atoms with Crippen molar-refractivity contribution in [2.75, 3.05) is 39.3 Å². The normalized spacial score (nSPS) is 23.9. The van der Waals surface area contributed by atoms with Crippen molar-refractivity contribution in [3.05, 3.63) is 113 Å². The third-order valence-electron chi connectivity index (χ3n) is 10.5. The molecule has 2 N–H and O–H groups in total. The number of carbonyl (C=O) groups excluding carboxylic acids is 3. The van der Waals surface area contributed by atoms with Gasteiger partial charge in [-0.15, -0.1) is 0 Å². The predicted molar refractivity (Wildman–Crippen MR) is 182 cm³/mol. The van der Waals surface area contributed by atoms with Crippen LogP contribution in [0.5, 0.6) is 0 Å². The average molecular weight is 635 g/mol. The second-order valence-electron chi connectivity index (χ2n) is 13.3. The number of rotatable bonds is 10. The Labute approximate surface area is 278 Å². The number of nitrogens with one attached hydrogen (secondary N) is 1. The Balaban J connectivity index is 1.29. The lowest BCUT2D eigenvalue weighted by Crippen LogP contribution is -2.55. The van der Waals surface area contributed by atoms with Crippen LogP contribution in [-0.2, 0) is 19.8 Å². The molecule has 3 aliphatic rings. The minimum absolute atomic E-state index is 0.118. The molecule has 246 valence electrons. The van der Waals surface area contributed by atoms with Crippen LogP contribution in [-0.4, -0.2) is 95.1 Å². The van der Waals surface area contributed by atoms with Crippen molar-refractivity contribution < 1.29 is 19.5 Å². The smallest absolute Gasteiger partial charge is 0.242 e. The molecule has 3 aromatic carbocycles. The van der Waals surface area contributed by atoms with Crippen LogP contribution >= 0.6 is 0 Å². The number of aliphatic hydroxyl groups excluding tert-OH is 1. The van der Waals surface area contributed by atoms with Crippen molar-refractivity contribution in [2.45, 2.75) is 62.8 Å². The monoisotopic (exact) mass is 634 g/mol. The van der Waals surface area contributed by atoms with E-state index < -0.39 is 23.7 Å². The summed E-state index contributed by atoms with van der Waals surface area (Å²) in [6, 6.07) is 29.5. The van der Waals surface area contributed by atoms with Gasteiger partial charge in [0.1, 0.15) is 12.0 Å². The number of aliphatic hydroxyl groups is 1. The standard InChI is InChI=1S/C39H46N4O4/c1-2-41-21-12-13-29(26-41)25-40-38(47)37-30(28-44)20-22-42(37)35-23-34(45)27-43(35)36(46)24-39(31-14-6-3-7-15-31,32-16-8-4-9-17-32)33-18-10-5-11-19-33/h3-11,14-19,29,34-35,37,45H,2,12-13,20-27H2,1H3,(H,40,47)/t29-,34-,35+,37-/m1/s1. The van der Waals surface area contributed by atoms with Gasteiger partial charge in [0.15, 0.2) is 0 Å². The van der Waals surface area contributed by atoms with E-state index >= 15 is 0 Å². The van der Waals surface area contributed by atoms with Gasteiger partial charge in [0, 0.05) is 44.6 Å². The van der Waals surface area contributed by atoms with Gasteiger partial charge in [0.2, 0.25) is 11.8 Å². The van der Waals surface area contributed by atoms with Gasteiger partial charge in [-0.1, -0.05) is 97.9 Å². The van der Waals surface area contributed by atoms with Crippen molar-refractivity contribution in [3.8, 4) is 0 Å². The van der Waals surface area contributed by atoms with Gasteiger partial charge in [0.25, 0.3) is 0 Å². The molecule has 0 radical (unpaired) electrons. The minimum atomic E-state index is -0.814. The Morgan fingerprint density at radius 2 is 1.49 bits per heavy atom. The quantitative estimate of drug-likeness (QED) is 0.259. The molecule has 47 heavy (non-hydrogen) atoms. The summed E-state index contributed by atoms with van der Waals surface area (Å²) in [4.78, 5) is 46.7. The average Bonchev–Trinajstić information content (AvgIpc) is 3.74. The number of carbonyl (C=O) groups is 2. The maximum atomic E-state index is 14.7. The number of piperidine rings is 1. The van der Waals surface area contributed by atoms with Crippen LogP contribution in [0.4, 0.5) is 0 Å². The fourth-order valence-electron chi connectivity index (χ4n) is 8.08. The molecule has 3 aliphatic heterocycles. The third-order valence-corrected chi connectivity index (χ3v) is 10.5. The third kappa shape index (κ3) is 6.83. The number of likely N-dealkylation sites (tertiary alicyclic amines) is 3. The van der Waals surface area contributed by atoms with Crippen molar-refractivity contribution in [2.24, 2.45) is 5.92 Å². The van der Waals surface area contributed by atoms with E-state index in [4.69, 9.17) is 0 Å². The fraction of sp³-hybridized carbons (Fsp3) is 0.436. The van der Waals surface area contributed by atoms with Crippen LogP contribution in [0, 0.1) is 5.92 Å². The molecule has 0 unspecified atom stereocenters. The van der Waals surface area contributed by atoms with E-state index in [-0.39, 0.29) is 24.8 Å². The highest BCUT2D eigenvalue weighted by atomic mass is 16.3. The number of β-amino-alcohol motifs (C(OH)–C–C–N with tert-alkyl or cyclic N) is 1. The van der Waals surface area contributed by atoms with Gasteiger partial charge in [-0.05, 0) is 55.0 Å². The minimum Gasteiger partial charge on any atom is -0.391 e. The van der Waals surface area contributed by atoms with Crippen molar-refractivity contribution in [3.63, 3.8) is 0 Å². The molecular weight excluding hydrogens is 588 g/mol. The van der Waals surface area contributed by atoms with Crippen molar-refractivity contribution in [1.82, 2.24) is 20.0 Å². The van der Waals surface area contributed by atoms with Gasteiger partial charge in [-0.25, -0.2) is 4.79 Å². The molecule has 0 bridgehead atoms. The zero-order valence-corrected chi connectivity index (χ0v) is 27.3. The Kier molecular flexibility index (Phi) is 10.3. The highest BCUT2D eigenvalue weighted by Gasteiger charge is 2.48. The second kappa shape index (κ2) is 14.8. The molecule has 6 rings (SSSR count). The molecule has 3 saturated heterocycles. The summed E-state index contributed by atoms with van der Waals surface area (Å²) in [5, 5.41) is 14.1. The van der Waals surface area contributed by atoms with E-state index in [9.17, 15) is 19.5 Å². The second-order valence-corrected chi connectivity index (χ2v) is 13.3. The number of hydrogen-bond acceptors (Lipinski definition) is 6. The fourth-order valence-corrected chi connectivity index (χ4v) is 8.08. The van der Waals surface area contributed by atoms with Gasteiger partial charge in [0.05, 0.1) is 17.7 Å². The summed E-state index contributed by atoms with van der Waals surface area (Å²) < 4.78 is 0. The Morgan fingerprint density at radius 3 is 2.04 bits per heavy atom. The number of hydrogen-bond donors (Lipinski definition) is 2. The first-order chi connectivity index (χ1) is 22.9. The molecule has 3 aromatic rings. The Bertz CT molecular complexity index is 1460. The van der Waals surface area contributed by atoms with Crippen molar-refractivity contribution >= 4 is 17.8 Å².